The van der Waals surface area contributed by atoms with Crippen LogP contribution in [-0.2, 0) is 13.0 Å². The highest BCUT2D eigenvalue weighted by Crippen LogP contribution is 2.29. The molecule has 1 aliphatic heterocycles. The van der Waals surface area contributed by atoms with Crippen LogP contribution in [0.2, 0.25) is 0 Å². The molecule has 0 amide bonds. The number of para-hydroxylation sites is 1. The molecule has 1 aliphatic rings. The molecule has 158 valence electrons. The Bertz CT molecular complexity index is 934. The summed E-state index contributed by atoms with van der Waals surface area (Å²) in [6.07, 6.45) is 0.894. The van der Waals surface area contributed by atoms with Crippen LogP contribution >= 0.6 is 0 Å². The van der Waals surface area contributed by atoms with Gasteiger partial charge < -0.3 is 4.90 Å². The van der Waals surface area contributed by atoms with E-state index in [1.165, 1.54) is 11.6 Å². The lowest BCUT2D eigenvalue weighted by molar-refractivity contribution is 0.134. The third kappa shape index (κ3) is 4.51. The molecule has 1 unspecified atom stereocenters. The lowest BCUT2D eigenvalue weighted by Crippen LogP contribution is -2.49. The van der Waals surface area contributed by atoms with Gasteiger partial charge in [0.25, 0.3) is 0 Å². The molecule has 7 heteroatoms. The van der Waals surface area contributed by atoms with Crippen LogP contribution in [0.1, 0.15) is 31.3 Å². The van der Waals surface area contributed by atoms with Gasteiger partial charge in [0.1, 0.15) is 5.82 Å². The molecular formula is C23H29FN6. The summed E-state index contributed by atoms with van der Waals surface area (Å²) in [6, 6.07) is 17.6. The molecule has 0 spiro atoms. The Balaban J connectivity index is 1.45. The van der Waals surface area contributed by atoms with E-state index in [9.17, 15) is 4.39 Å². The van der Waals surface area contributed by atoms with Gasteiger partial charge in [-0.3, -0.25) is 4.90 Å². The molecule has 2 aromatic carbocycles. The predicted molar refractivity (Wildman–Crippen MR) is 116 cm³/mol. The van der Waals surface area contributed by atoms with Crippen LogP contribution in [0.3, 0.4) is 0 Å². The van der Waals surface area contributed by atoms with Gasteiger partial charge in [0.05, 0.1) is 11.7 Å². The highest BCUT2D eigenvalue weighted by Gasteiger charge is 2.31. The van der Waals surface area contributed by atoms with Gasteiger partial charge >= 0.3 is 0 Å². The molecule has 0 radical (unpaired) electrons. The Morgan fingerprint density at radius 1 is 0.933 bits per heavy atom. The summed E-state index contributed by atoms with van der Waals surface area (Å²) in [6.45, 7) is 8.45. The average Bonchev–Trinajstić information content (AvgIpc) is 3.22. The van der Waals surface area contributed by atoms with Crippen molar-refractivity contribution in [3.8, 4) is 0 Å². The third-order valence-corrected chi connectivity index (χ3v) is 5.81. The molecule has 0 aliphatic carbocycles. The van der Waals surface area contributed by atoms with Crippen molar-refractivity contribution in [3.05, 3.63) is 71.8 Å². The quantitative estimate of drug-likeness (QED) is 0.598. The number of hydrogen-bond acceptors (Lipinski definition) is 5. The molecule has 4 rings (SSSR count). The molecule has 0 bridgehead atoms. The fourth-order valence-electron chi connectivity index (χ4n) is 4.29. The van der Waals surface area contributed by atoms with Crippen LogP contribution in [0, 0.1) is 11.7 Å². The van der Waals surface area contributed by atoms with E-state index >= 15 is 0 Å². The van der Waals surface area contributed by atoms with Gasteiger partial charge in [0.15, 0.2) is 5.82 Å². The van der Waals surface area contributed by atoms with Gasteiger partial charge in [0.2, 0.25) is 0 Å². The molecule has 6 nitrogen and oxygen atoms in total. The first-order valence-electron chi connectivity index (χ1n) is 10.7. The average molecular weight is 409 g/mol. The van der Waals surface area contributed by atoms with Crippen molar-refractivity contribution in [1.82, 2.24) is 25.1 Å². The minimum absolute atomic E-state index is 0.138. The first-order chi connectivity index (χ1) is 14.6. The van der Waals surface area contributed by atoms with Gasteiger partial charge in [0, 0.05) is 32.7 Å². The lowest BCUT2D eigenvalue weighted by Gasteiger charge is -2.41. The van der Waals surface area contributed by atoms with Crippen LogP contribution in [0.15, 0.2) is 54.6 Å². The lowest BCUT2D eigenvalue weighted by atomic mass is 10.0. The number of benzene rings is 2. The molecule has 2 heterocycles. The topological polar surface area (TPSA) is 50.1 Å². The summed E-state index contributed by atoms with van der Waals surface area (Å²) in [5.41, 5.74) is 1.96. The van der Waals surface area contributed by atoms with E-state index in [1.54, 1.807) is 6.07 Å². The SMILES string of the molecule is CC(C)C(c1nnnn1CCc1ccccc1)N1CCN(c2ccccc2F)CC1. The zero-order chi connectivity index (χ0) is 20.9. The Morgan fingerprint density at radius 2 is 1.63 bits per heavy atom. The van der Waals surface area contributed by atoms with E-state index in [-0.39, 0.29) is 11.9 Å². The normalized spacial score (nSPS) is 16.2. The zero-order valence-electron chi connectivity index (χ0n) is 17.7. The summed E-state index contributed by atoms with van der Waals surface area (Å²) >= 11 is 0. The third-order valence-electron chi connectivity index (χ3n) is 5.81. The summed E-state index contributed by atoms with van der Waals surface area (Å²) < 4.78 is 16.1. The molecule has 0 saturated carbocycles. The second-order valence-electron chi connectivity index (χ2n) is 8.16. The van der Waals surface area contributed by atoms with E-state index < -0.39 is 0 Å². The van der Waals surface area contributed by atoms with Gasteiger partial charge in [-0.05, 0) is 40.5 Å². The molecule has 1 fully saturated rings. The second kappa shape index (κ2) is 9.34. The zero-order valence-corrected chi connectivity index (χ0v) is 17.7. The number of tetrazole rings is 1. The highest BCUT2D eigenvalue weighted by atomic mass is 19.1. The van der Waals surface area contributed by atoms with Crippen molar-refractivity contribution < 1.29 is 4.39 Å². The second-order valence-corrected chi connectivity index (χ2v) is 8.16. The van der Waals surface area contributed by atoms with E-state index in [0.717, 1.165) is 45.0 Å². The number of rotatable bonds is 7. The van der Waals surface area contributed by atoms with E-state index in [4.69, 9.17) is 0 Å². The number of piperazine rings is 1. The maximum Gasteiger partial charge on any atom is 0.168 e. The smallest absolute Gasteiger partial charge is 0.168 e. The fourth-order valence-corrected chi connectivity index (χ4v) is 4.29. The summed E-state index contributed by atoms with van der Waals surface area (Å²) in [5, 5.41) is 12.7. The maximum absolute atomic E-state index is 14.2. The number of halogens is 1. The molecule has 1 atom stereocenters. The fraction of sp³-hybridized carbons (Fsp3) is 0.435. The molecule has 3 aromatic rings. The van der Waals surface area contributed by atoms with Crippen molar-refractivity contribution in [3.63, 3.8) is 0 Å². The van der Waals surface area contributed by atoms with Crippen molar-refractivity contribution >= 4 is 5.69 Å². The first-order valence-corrected chi connectivity index (χ1v) is 10.7. The highest BCUT2D eigenvalue weighted by molar-refractivity contribution is 5.48. The Hall–Kier alpha value is -2.80. The molecule has 1 aromatic heterocycles. The van der Waals surface area contributed by atoms with Crippen molar-refractivity contribution in [2.75, 3.05) is 31.1 Å². The molecule has 30 heavy (non-hydrogen) atoms. The standard InChI is InChI=1S/C23H29FN6/c1-18(2)22(23-25-26-27-30(23)13-12-19-8-4-3-5-9-19)29-16-14-28(15-17-29)21-11-7-6-10-20(21)24/h3-11,18,22H,12-17H2,1-2H3. The van der Waals surface area contributed by atoms with Crippen molar-refractivity contribution in [2.24, 2.45) is 5.92 Å². The Kier molecular flexibility index (Phi) is 6.38. The van der Waals surface area contributed by atoms with Gasteiger partial charge in [-0.15, -0.1) is 5.10 Å². The summed E-state index contributed by atoms with van der Waals surface area (Å²) in [5.74, 6) is 1.13. The molecule has 1 saturated heterocycles. The van der Waals surface area contributed by atoms with Gasteiger partial charge in [-0.25, -0.2) is 9.07 Å². The summed E-state index contributed by atoms with van der Waals surface area (Å²) in [7, 11) is 0. The van der Waals surface area contributed by atoms with E-state index in [2.05, 4.69) is 63.4 Å². The monoisotopic (exact) mass is 408 g/mol. The van der Waals surface area contributed by atoms with Crippen LogP contribution in [0.5, 0.6) is 0 Å². The number of hydrogen-bond donors (Lipinski definition) is 0. The number of anilines is 1. The van der Waals surface area contributed by atoms with Crippen LogP contribution in [0.25, 0.3) is 0 Å². The molecular weight excluding hydrogens is 379 g/mol. The minimum Gasteiger partial charge on any atom is -0.367 e. The van der Waals surface area contributed by atoms with Crippen molar-refractivity contribution in [1.29, 1.82) is 0 Å². The Labute approximate surface area is 177 Å². The summed E-state index contributed by atoms with van der Waals surface area (Å²) in [4.78, 5) is 4.56. The van der Waals surface area contributed by atoms with Crippen LogP contribution in [-0.4, -0.2) is 51.3 Å². The van der Waals surface area contributed by atoms with Crippen LogP contribution in [0.4, 0.5) is 10.1 Å². The maximum atomic E-state index is 14.2. The number of nitrogens with zero attached hydrogens (tertiary/aromatic N) is 6. The minimum atomic E-state index is -0.156. The number of aryl methyl sites for hydroxylation is 2. The van der Waals surface area contributed by atoms with Crippen molar-refractivity contribution in [2.45, 2.75) is 32.9 Å². The predicted octanol–water partition coefficient (Wildman–Crippen LogP) is 3.57. The largest absolute Gasteiger partial charge is 0.367 e. The number of aromatic nitrogens is 4. The van der Waals surface area contributed by atoms with E-state index in [0.29, 0.717) is 11.6 Å². The van der Waals surface area contributed by atoms with Crippen LogP contribution < -0.4 is 4.90 Å². The molecule has 0 N–H and O–H groups in total. The first kappa shape index (κ1) is 20.5. The van der Waals surface area contributed by atoms with Gasteiger partial charge in [-0.2, -0.15) is 0 Å². The Morgan fingerprint density at radius 3 is 2.33 bits per heavy atom. The van der Waals surface area contributed by atoms with Gasteiger partial charge in [-0.1, -0.05) is 56.3 Å². The van der Waals surface area contributed by atoms with E-state index in [1.807, 2.05) is 22.9 Å².